The molecule has 1 aliphatic heterocycles. The Morgan fingerprint density at radius 1 is 1.22 bits per heavy atom. The molecule has 2 aromatic rings. The molecule has 9 heteroatoms. The minimum atomic E-state index is -3.09. The van der Waals surface area contributed by atoms with Gasteiger partial charge in [0.25, 0.3) is 11.8 Å². The molecule has 27 heavy (non-hydrogen) atoms. The van der Waals surface area contributed by atoms with Gasteiger partial charge in [-0.3, -0.25) is 19.6 Å². The molecule has 0 aliphatic carbocycles. The summed E-state index contributed by atoms with van der Waals surface area (Å²) in [5, 5.41) is 2.78. The number of hydrogen-bond acceptors (Lipinski definition) is 6. The second kappa shape index (κ2) is 7.83. The first-order chi connectivity index (χ1) is 12.9. The summed E-state index contributed by atoms with van der Waals surface area (Å²) in [6.45, 7) is 0.340. The van der Waals surface area contributed by atoms with E-state index in [9.17, 15) is 18.0 Å². The van der Waals surface area contributed by atoms with E-state index in [1.54, 1.807) is 31.6 Å². The fourth-order valence-electron chi connectivity index (χ4n) is 2.90. The SMILES string of the molecule is CN(C(=O)c1cc(C(=O)NCc2ccncc2)ccn1)C1CCS(=O)(=O)C1. The Morgan fingerprint density at radius 2 is 1.96 bits per heavy atom. The zero-order valence-electron chi connectivity index (χ0n) is 14.8. The number of sulfone groups is 1. The van der Waals surface area contributed by atoms with Crippen molar-refractivity contribution in [2.24, 2.45) is 0 Å². The van der Waals surface area contributed by atoms with Crippen LogP contribution in [0.2, 0.25) is 0 Å². The summed E-state index contributed by atoms with van der Waals surface area (Å²) in [6.07, 6.45) is 5.10. The van der Waals surface area contributed by atoms with E-state index in [1.807, 2.05) is 0 Å². The molecule has 8 nitrogen and oxygen atoms in total. The standard InChI is InChI=1S/C18H20N4O4S/c1-22(15-5-9-27(25,26)12-15)18(24)16-10-14(4-8-20-16)17(23)21-11-13-2-6-19-7-3-13/h2-4,6-8,10,15H,5,9,11-12H2,1H3,(H,21,23). The number of nitrogens with one attached hydrogen (secondary N) is 1. The molecule has 0 saturated carbocycles. The summed E-state index contributed by atoms with van der Waals surface area (Å²) in [5.41, 5.74) is 1.33. The molecule has 0 radical (unpaired) electrons. The van der Waals surface area contributed by atoms with Crippen LogP contribution in [0.25, 0.3) is 0 Å². The molecule has 142 valence electrons. The quantitative estimate of drug-likeness (QED) is 0.806. The van der Waals surface area contributed by atoms with Crippen molar-refractivity contribution in [1.82, 2.24) is 20.2 Å². The third kappa shape index (κ3) is 4.68. The fraction of sp³-hybridized carbons (Fsp3) is 0.333. The number of rotatable bonds is 5. The van der Waals surface area contributed by atoms with Gasteiger partial charge in [-0.1, -0.05) is 0 Å². The zero-order chi connectivity index (χ0) is 19.4. The first-order valence-corrected chi connectivity index (χ1v) is 10.3. The summed E-state index contributed by atoms with van der Waals surface area (Å²) < 4.78 is 23.3. The maximum absolute atomic E-state index is 12.6. The highest BCUT2D eigenvalue weighted by Gasteiger charge is 2.33. The highest BCUT2D eigenvalue weighted by atomic mass is 32.2. The van der Waals surface area contributed by atoms with E-state index in [0.717, 1.165) is 5.56 Å². The number of nitrogens with zero attached hydrogens (tertiary/aromatic N) is 3. The molecule has 1 unspecified atom stereocenters. The van der Waals surface area contributed by atoms with Gasteiger partial charge in [-0.05, 0) is 36.2 Å². The van der Waals surface area contributed by atoms with Crippen molar-refractivity contribution in [2.75, 3.05) is 18.6 Å². The molecular weight excluding hydrogens is 368 g/mol. The monoisotopic (exact) mass is 388 g/mol. The van der Waals surface area contributed by atoms with Crippen LogP contribution < -0.4 is 5.32 Å². The Balaban J connectivity index is 1.67. The van der Waals surface area contributed by atoms with Crippen LogP contribution in [0.4, 0.5) is 0 Å². The van der Waals surface area contributed by atoms with E-state index in [0.29, 0.717) is 18.5 Å². The number of aromatic nitrogens is 2. The van der Waals surface area contributed by atoms with E-state index < -0.39 is 15.7 Å². The molecule has 0 spiro atoms. The van der Waals surface area contributed by atoms with Crippen LogP contribution in [0.1, 0.15) is 32.8 Å². The Bertz CT molecular complexity index is 947. The molecule has 2 aromatic heterocycles. The molecular formula is C18H20N4O4S. The van der Waals surface area contributed by atoms with Gasteiger partial charge >= 0.3 is 0 Å². The molecule has 3 rings (SSSR count). The smallest absolute Gasteiger partial charge is 0.272 e. The summed E-state index contributed by atoms with van der Waals surface area (Å²) >= 11 is 0. The fourth-order valence-corrected chi connectivity index (χ4v) is 4.68. The number of hydrogen-bond donors (Lipinski definition) is 1. The van der Waals surface area contributed by atoms with E-state index in [4.69, 9.17) is 0 Å². The Hall–Kier alpha value is -2.81. The lowest BCUT2D eigenvalue weighted by molar-refractivity contribution is 0.0741. The summed E-state index contributed by atoms with van der Waals surface area (Å²) in [7, 11) is -1.53. The van der Waals surface area contributed by atoms with Crippen molar-refractivity contribution < 1.29 is 18.0 Å². The number of carbonyl (C=O) groups excluding carboxylic acids is 2. The number of pyridine rings is 2. The topological polar surface area (TPSA) is 109 Å². The van der Waals surface area contributed by atoms with Crippen molar-refractivity contribution in [3.63, 3.8) is 0 Å². The third-order valence-corrected chi connectivity index (χ3v) is 6.27. The third-order valence-electron chi connectivity index (χ3n) is 4.52. The van der Waals surface area contributed by atoms with Crippen molar-refractivity contribution in [1.29, 1.82) is 0 Å². The van der Waals surface area contributed by atoms with Gasteiger partial charge in [0.1, 0.15) is 5.69 Å². The van der Waals surface area contributed by atoms with Gasteiger partial charge < -0.3 is 10.2 Å². The van der Waals surface area contributed by atoms with Gasteiger partial charge in [-0.2, -0.15) is 0 Å². The molecule has 0 bridgehead atoms. The Labute approximate surface area is 157 Å². The van der Waals surface area contributed by atoms with Gasteiger partial charge in [0, 0.05) is 43.8 Å². The maximum atomic E-state index is 12.6. The minimum absolute atomic E-state index is 0.0403. The highest BCUT2D eigenvalue weighted by Crippen LogP contribution is 2.18. The second-order valence-corrected chi connectivity index (χ2v) is 8.67. The molecule has 1 aliphatic rings. The summed E-state index contributed by atoms with van der Waals surface area (Å²) in [4.78, 5) is 34.3. The number of carbonyl (C=O) groups is 2. The second-order valence-electron chi connectivity index (χ2n) is 6.44. The molecule has 1 N–H and O–H groups in total. The molecule has 1 fully saturated rings. The first-order valence-electron chi connectivity index (χ1n) is 8.46. The first kappa shape index (κ1) is 19.0. The Morgan fingerprint density at radius 3 is 2.63 bits per heavy atom. The van der Waals surface area contributed by atoms with Crippen molar-refractivity contribution in [3.05, 3.63) is 59.7 Å². The van der Waals surface area contributed by atoms with Crippen molar-refractivity contribution >= 4 is 21.7 Å². The molecule has 2 amide bonds. The van der Waals surface area contributed by atoms with Crippen LogP contribution in [0.5, 0.6) is 0 Å². The van der Waals surface area contributed by atoms with Crippen LogP contribution in [0.15, 0.2) is 42.9 Å². The zero-order valence-corrected chi connectivity index (χ0v) is 15.6. The van der Waals surface area contributed by atoms with Crippen LogP contribution >= 0.6 is 0 Å². The average Bonchev–Trinajstić information content (AvgIpc) is 3.05. The number of amides is 2. The van der Waals surface area contributed by atoms with Gasteiger partial charge in [-0.25, -0.2) is 8.42 Å². The normalized spacial score (nSPS) is 18.0. The van der Waals surface area contributed by atoms with E-state index in [-0.39, 0.29) is 29.1 Å². The van der Waals surface area contributed by atoms with Gasteiger partial charge in [0.15, 0.2) is 9.84 Å². The van der Waals surface area contributed by atoms with Gasteiger partial charge in [0.05, 0.1) is 11.5 Å². The lowest BCUT2D eigenvalue weighted by Gasteiger charge is -2.23. The van der Waals surface area contributed by atoms with Crippen LogP contribution in [0, 0.1) is 0 Å². The van der Waals surface area contributed by atoms with Crippen LogP contribution in [-0.2, 0) is 16.4 Å². The highest BCUT2D eigenvalue weighted by molar-refractivity contribution is 7.91. The molecule has 1 saturated heterocycles. The van der Waals surface area contributed by atoms with E-state index in [1.165, 1.54) is 23.2 Å². The largest absolute Gasteiger partial charge is 0.348 e. The van der Waals surface area contributed by atoms with Crippen LogP contribution in [0.3, 0.4) is 0 Å². The van der Waals surface area contributed by atoms with E-state index in [2.05, 4.69) is 15.3 Å². The van der Waals surface area contributed by atoms with Gasteiger partial charge in [0.2, 0.25) is 0 Å². The predicted molar refractivity (Wildman–Crippen MR) is 98.8 cm³/mol. The minimum Gasteiger partial charge on any atom is -0.348 e. The van der Waals surface area contributed by atoms with E-state index >= 15 is 0 Å². The van der Waals surface area contributed by atoms with Gasteiger partial charge in [-0.15, -0.1) is 0 Å². The summed E-state index contributed by atoms with van der Waals surface area (Å²) in [5.74, 6) is -0.683. The van der Waals surface area contributed by atoms with Crippen LogP contribution in [-0.4, -0.2) is 59.7 Å². The lowest BCUT2D eigenvalue weighted by atomic mass is 10.1. The molecule has 0 aromatic carbocycles. The summed E-state index contributed by atoms with van der Waals surface area (Å²) in [6, 6.07) is 6.18. The average molecular weight is 388 g/mol. The predicted octanol–water partition coefficient (Wildman–Crippen LogP) is 0.666. The Kier molecular flexibility index (Phi) is 5.50. The molecule has 1 atom stereocenters. The molecule has 3 heterocycles. The lowest BCUT2D eigenvalue weighted by Crippen LogP contribution is -2.38. The maximum Gasteiger partial charge on any atom is 0.272 e. The van der Waals surface area contributed by atoms with Crippen molar-refractivity contribution in [2.45, 2.75) is 19.0 Å². The van der Waals surface area contributed by atoms with Crippen molar-refractivity contribution in [3.8, 4) is 0 Å².